The zero-order valence-electron chi connectivity index (χ0n) is 19.8. The van der Waals surface area contributed by atoms with E-state index in [0.717, 1.165) is 59.3 Å². The van der Waals surface area contributed by atoms with E-state index in [9.17, 15) is 4.79 Å². The molecular weight excluding hydrogens is 452 g/mol. The van der Waals surface area contributed by atoms with Gasteiger partial charge in [0.25, 0.3) is 0 Å². The lowest BCUT2D eigenvalue weighted by molar-refractivity contribution is -0.117. The van der Waals surface area contributed by atoms with Crippen molar-refractivity contribution >= 4 is 39.3 Å². The molecule has 1 saturated heterocycles. The van der Waals surface area contributed by atoms with Crippen LogP contribution in [-0.2, 0) is 4.79 Å². The number of para-hydroxylation sites is 1. The molecule has 0 radical (unpaired) electrons. The van der Waals surface area contributed by atoms with Crippen molar-refractivity contribution in [2.24, 2.45) is 5.92 Å². The second kappa shape index (κ2) is 8.44. The van der Waals surface area contributed by atoms with Crippen molar-refractivity contribution in [1.82, 2.24) is 30.1 Å². The predicted octanol–water partition coefficient (Wildman–Crippen LogP) is 4.90. The summed E-state index contributed by atoms with van der Waals surface area (Å²) in [6.07, 6.45) is 9.06. The molecule has 4 aromatic heterocycles. The molecule has 0 spiro atoms. The summed E-state index contributed by atoms with van der Waals surface area (Å²) in [6, 6.07) is 12.1. The monoisotopic (exact) mass is 478 g/mol. The number of hydrogen-bond donors (Lipinski definition) is 3. The van der Waals surface area contributed by atoms with E-state index in [1.54, 1.807) is 12.4 Å². The van der Waals surface area contributed by atoms with E-state index in [2.05, 4.69) is 48.6 Å². The van der Waals surface area contributed by atoms with Crippen LogP contribution in [0.2, 0.25) is 0 Å². The summed E-state index contributed by atoms with van der Waals surface area (Å²) < 4.78 is 0. The van der Waals surface area contributed by atoms with Crippen molar-refractivity contribution in [3.63, 3.8) is 0 Å². The number of carbonyl (C=O) groups is 1. The highest BCUT2D eigenvalue weighted by atomic mass is 16.2. The van der Waals surface area contributed by atoms with Crippen molar-refractivity contribution < 1.29 is 4.79 Å². The van der Waals surface area contributed by atoms with Crippen LogP contribution in [0.5, 0.6) is 0 Å². The van der Waals surface area contributed by atoms with Gasteiger partial charge >= 0.3 is 0 Å². The van der Waals surface area contributed by atoms with Gasteiger partial charge in [-0.3, -0.25) is 14.9 Å². The summed E-state index contributed by atoms with van der Waals surface area (Å²) in [7, 11) is 0. The maximum Gasteiger partial charge on any atom is 0.227 e. The number of piperidine rings is 1. The molecule has 1 aliphatic heterocycles. The van der Waals surface area contributed by atoms with Gasteiger partial charge in [-0.1, -0.05) is 6.07 Å². The molecule has 9 nitrogen and oxygen atoms in total. The molecule has 1 saturated carbocycles. The maximum atomic E-state index is 12.2. The topological polar surface area (TPSA) is 115 Å². The number of pyridine rings is 2. The van der Waals surface area contributed by atoms with Crippen LogP contribution in [0.3, 0.4) is 0 Å². The number of fused-ring (bicyclic) bond motifs is 2. The number of nitrogens with zero attached hydrogens (tertiary/aromatic N) is 5. The third-order valence-corrected chi connectivity index (χ3v) is 7.07. The van der Waals surface area contributed by atoms with E-state index in [4.69, 9.17) is 9.97 Å². The van der Waals surface area contributed by atoms with Gasteiger partial charge < -0.3 is 15.2 Å². The second-order valence-corrected chi connectivity index (χ2v) is 9.70. The second-order valence-electron chi connectivity index (χ2n) is 9.70. The average Bonchev–Trinajstić information content (AvgIpc) is 3.55. The molecule has 0 atom stereocenters. The molecule has 1 aromatic carbocycles. The highest BCUT2D eigenvalue weighted by Crippen LogP contribution is 2.33. The van der Waals surface area contributed by atoms with E-state index in [1.165, 1.54) is 24.9 Å². The van der Waals surface area contributed by atoms with Crippen molar-refractivity contribution in [2.45, 2.75) is 32.1 Å². The van der Waals surface area contributed by atoms with Crippen LogP contribution in [0.15, 0.2) is 48.8 Å². The number of aromatic amines is 2. The van der Waals surface area contributed by atoms with Crippen LogP contribution in [0.1, 0.15) is 32.1 Å². The number of imidazole rings is 1. The highest BCUT2D eigenvalue weighted by Gasteiger charge is 2.29. The molecule has 2 fully saturated rings. The van der Waals surface area contributed by atoms with Gasteiger partial charge in [-0.25, -0.2) is 9.97 Å². The van der Waals surface area contributed by atoms with Crippen molar-refractivity contribution in [2.75, 3.05) is 23.3 Å². The number of carbonyl (C=O) groups excluding carboxylic acids is 1. The van der Waals surface area contributed by atoms with Gasteiger partial charge in [0, 0.05) is 30.8 Å². The molecule has 2 aliphatic rings. The lowest BCUT2D eigenvalue weighted by Crippen LogP contribution is -2.29. The molecular formula is C27H26N8O. The van der Waals surface area contributed by atoms with Crippen LogP contribution in [0, 0.1) is 5.92 Å². The van der Waals surface area contributed by atoms with Crippen LogP contribution < -0.4 is 10.2 Å². The maximum absolute atomic E-state index is 12.2. The Hall–Kier alpha value is -4.27. The van der Waals surface area contributed by atoms with Gasteiger partial charge in [0.1, 0.15) is 11.0 Å². The Morgan fingerprint density at radius 3 is 2.72 bits per heavy atom. The summed E-state index contributed by atoms with van der Waals surface area (Å²) >= 11 is 0. The van der Waals surface area contributed by atoms with Gasteiger partial charge in [-0.2, -0.15) is 5.10 Å². The number of aromatic nitrogens is 6. The lowest BCUT2D eigenvalue weighted by Gasteiger charge is -2.28. The Kier molecular flexibility index (Phi) is 4.93. The minimum atomic E-state index is 0.0586. The van der Waals surface area contributed by atoms with E-state index in [-0.39, 0.29) is 11.8 Å². The summed E-state index contributed by atoms with van der Waals surface area (Å²) in [5.74, 6) is 0.882. The van der Waals surface area contributed by atoms with E-state index in [1.807, 2.05) is 18.2 Å². The first-order chi connectivity index (χ1) is 17.7. The molecule has 5 heterocycles. The van der Waals surface area contributed by atoms with E-state index >= 15 is 0 Å². The fourth-order valence-corrected chi connectivity index (χ4v) is 4.98. The number of hydrogen-bond acceptors (Lipinski definition) is 6. The molecule has 5 aromatic rings. The molecule has 0 bridgehead atoms. The van der Waals surface area contributed by atoms with Gasteiger partial charge in [-0.05, 0) is 62.4 Å². The molecule has 180 valence electrons. The normalized spacial score (nSPS) is 16.1. The van der Waals surface area contributed by atoms with Crippen molar-refractivity contribution in [3.8, 4) is 22.8 Å². The third-order valence-electron chi connectivity index (χ3n) is 7.07. The third kappa shape index (κ3) is 3.77. The summed E-state index contributed by atoms with van der Waals surface area (Å²) in [5, 5.41) is 10.6. The number of benzene rings is 1. The van der Waals surface area contributed by atoms with E-state index in [0.29, 0.717) is 17.2 Å². The van der Waals surface area contributed by atoms with Crippen LogP contribution in [0.25, 0.3) is 44.8 Å². The lowest BCUT2D eigenvalue weighted by atomic mass is 10.1. The molecule has 1 amide bonds. The Bertz CT molecular complexity index is 1590. The van der Waals surface area contributed by atoms with Crippen LogP contribution in [-0.4, -0.2) is 49.1 Å². The molecule has 1 aliphatic carbocycles. The van der Waals surface area contributed by atoms with Crippen molar-refractivity contribution in [3.05, 3.63) is 48.8 Å². The molecule has 36 heavy (non-hydrogen) atoms. The first-order valence-electron chi connectivity index (χ1n) is 12.6. The zero-order chi connectivity index (χ0) is 24.1. The van der Waals surface area contributed by atoms with Gasteiger partial charge in [0.15, 0.2) is 11.5 Å². The van der Waals surface area contributed by atoms with Gasteiger partial charge in [-0.15, -0.1) is 0 Å². The summed E-state index contributed by atoms with van der Waals surface area (Å²) in [6.45, 7) is 2.12. The fraction of sp³-hybridized carbons (Fsp3) is 0.296. The number of rotatable bonds is 5. The first-order valence-corrected chi connectivity index (χ1v) is 12.6. The standard InChI is InChI=1S/C27H26N8O/c36-27(16-7-8-16)29-18-13-17(14-28-15-18)19-9-10-21-24(30-19)25(34-33-21)26-31-20-5-4-6-22(23(20)32-26)35-11-2-1-3-12-35/h4-6,9-10,13-16H,1-3,7-8,11-12H2,(H,29,36)(H,31,32)(H,33,34). The predicted molar refractivity (Wildman–Crippen MR) is 140 cm³/mol. The minimum Gasteiger partial charge on any atom is -0.370 e. The molecule has 3 N–H and O–H groups in total. The average molecular weight is 479 g/mol. The number of anilines is 2. The minimum absolute atomic E-state index is 0.0586. The Morgan fingerprint density at radius 2 is 1.86 bits per heavy atom. The molecule has 7 rings (SSSR count). The van der Waals surface area contributed by atoms with Crippen LogP contribution in [0.4, 0.5) is 11.4 Å². The van der Waals surface area contributed by atoms with E-state index < -0.39 is 0 Å². The Balaban J connectivity index is 1.25. The van der Waals surface area contributed by atoms with Gasteiger partial charge in [0.05, 0.1) is 34.3 Å². The summed E-state index contributed by atoms with van der Waals surface area (Å²) in [4.78, 5) is 32.3. The quantitative estimate of drug-likeness (QED) is 0.331. The smallest absolute Gasteiger partial charge is 0.227 e. The highest BCUT2D eigenvalue weighted by molar-refractivity contribution is 5.96. The first kappa shape index (κ1) is 21.0. The number of H-pyrrole nitrogens is 2. The largest absolute Gasteiger partial charge is 0.370 e. The Labute approximate surface area is 207 Å². The zero-order valence-corrected chi connectivity index (χ0v) is 19.8. The Morgan fingerprint density at radius 1 is 0.972 bits per heavy atom. The fourth-order valence-electron chi connectivity index (χ4n) is 4.98. The molecule has 9 heteroatoms. The van der Waals surface area contributed by atoms with Crippen molar-refractivity contribution in [1.29, 1.82) is 0 Å². The SMILES string of the molecule is O=C(Nc1cncc(-c2ccc3[nH]nc(-c4nc5c(N6CCCCC6)cccc5[nH]4)c3n2)c1)C1CC1. The van der Waals surface area contributed by atoms with Gasteiger partial charge in [0.2, 0.25) is 5.91 Å². The molecule has 0 unspecified atom stereocenters. The number of amides is 1. The number of nitrogens with one attached hydrogen (secondary N) is 3. The summed E-state index contributed by atoms with van der Waals surface area (Å²) in [5.41, 5.74) is 7.63. The van der Waals surface area contributed by atoms with Crippen LogP contribution >= 0.6 is 0 Å².